The topological polar surface area (TPSA) is 120 Å². The van der Waals surface area contributed by atoms with Gasteiger partial charge in [0.2, 0.25) is 5.96 Å². The molecule has 0 spiro atoms. The third-order valence-electron chi connectivity index (χ3n) is 4.19. The SMILES string of the molecule is CC(C)COC(=O)N(OC(=O)CCc1ccccc1)C(=N)N(C)C(C(=O)O)C(C)C. The van der Waals surface area contributed by atoms with Crippen molar-refractivity contribution in [2.45, 2.75) is 46.6 Å². The predicted octanol–water partition coefficient (Wildman–Crippen LogP) is 3.15. The van der Waals surface area contributed by atoms with Crippen LogP contribution in [0, 0.1) is 17.2 Å². The molecule has 0 radical (unpaired) electrons. The quantitative estimate of drug-likeness (QED) is 0.376. The lowest BCUT2D eigenvalue weighted by Gasteiger charge is -2.32. The number of hydrogen-bond donors (Lipinski definition) is 2. The van der Waals surface area contributed by atoms with Gasteiger partial charge in [0.1, 0.15) is 6.04 Å². The highest BCUT2D eigenvalue weighted by molar-refractivity contribution is 5.94. The van der Waals surface area contributed by atoms with Crippen molar-refractivity contribution in [1.29, 1.82) is 5.41 Å². The summed E-state index contributed by atoms with van der Waals surface area (Å²) in [6, 6.07) is 8.17. The molecule has 0 aliphatic rings. The fraction of sp³-hybridized carbons (Fsp3) is 0.524. The Bertz CT molecular complexity index is 736. The van der Waals surface area contributed by atoms with Gasteiger partial charge in [0, 0.05) is 7.05 Å². The first-order valence-electron chi connectivity index (χ1n) is 9.80. The maximum atomic E-state index is 12.5. The molecule has 0 saturated carbocycles. The molecule has 9 heteroatoms. The van der Waals surface area contributed by atoms with Gasteiger partial charge in [-0.1, -0.05) is 63.1 Å². The largest absolute Gasteiger partial charge is 0.480 e. The summed E-state index contributed by atoms with van der Waals surface area (Å²) in [6.45, 7) is 7.08. The second kappa shape index (κ2) is 11.8. The number of carboxylic acid groups (broad SMARTS) is 1. The van der Waals surface area contributed by atoms with Crippen molar-refractivity contribution in [2.75, 3.05) is 13.7 Å². The second-order valence-corrected chi connectivity index (χ2v) is 7.68. The van der Waals surface area contributed by atoms with Crippen molar-refractivity contribution >= 4 is 24.0 Å². The average Bonchev–Trinajstić information content (AvgIpc) is 2.68. The van der Waals surface area contributed by atoms with Crippen molar-refractivity contribution in [1.82, 2.24) is 9.96 Å². The van der Waals surface area contributed by atoms with Crippen molar-refractivity contribution in [3.63, 3.8) is 0 Å². The maximum Gasteiger partial charge on any atom is 0.451 e. The van der Waals surface area contributed by atoms with Crippen LogP contribution in [0.2, 0.25) is 0 Å². The Balaban J connectivity index is 2.94. The van der Waals surface area contributed by atoms with E-state index in [1.54, 1.807) is 13.8 Å². The Hall–Kier alpha value is -3.10. The van der Waals surface area contributed by atoms with Crippen LogP contribution in [0.4, 0.5) is 4.79 Å². The summed E-state index contributed by atoms with van der Waals surface area (Å²) in [4.78, 5) is 42.6. The first-order chi connectivity index (χ1) is 14.0. The number of likely N-dealkylation sites (N-methyl/N-ethyl adjacent to an activating group) is 1. The van der Waals surface area contributed by atoms with E-state index in [2.05, 4.69) is 0 Å². The van der Waals surface area contributed by atoms with E-state index < -0.39 is 30.0 Å². The number of aryl methyl sites for hydroxylation is 1. The lowest BCUT2D eigenvalue weighted by atomic mass is 10.0. The van der Waals surface area contributed by atoms with E-state index in [0.29, 0.717) is 11.5 Å². The van der Waals surface area contributed by atoms with Gasteiger partial charge in [0.15, 0.2) is 0 Å². The predicted molar refractivity (Wildman–Crippen MR) is 111 cm³/mol. The molecule has 30 heavy (non-hydrogen) atoms. The van der Waals surface area contributed by atoms with E-state index in [1.165, 1.54) is 7.05 Å². The zero-order chi connectivity index (χ0) is 22.8. The summed E-state index contributed by atoms with van der Waals surface area (Å²) in [5.74, 6) is -2.84. The van der Waals surface area contributed by atoms with Gasteiger partial charge in [0.05, 0.1) is 13.0 Å². The molecule has 1 aromatic rings. The Kier molecular flexibility index (Phi) is 9.80. The number of carboxylic acids is 1. The van der Waals surface area contributed by atoms with Crippen molar-refractivity contribution in [3.8, 4) is 0 Å². The number of aliphatic carboxylic acids is 1. The molecular weight excluding hydrogens is 390 g/mol. The molecule has 166 valence electrons. The zero-order valence-corrected chi connectivity index (χ0v) is 18.1. The number of carbonyl (C=O) groups is 3. The summed E-state index contributed by atoms with van der Waals surface area (Å²) >= 11 is 0. The average molecular weight is 421 g/mol. The van der Waals surface area contributed by atoms with Crippen molar-refractivity contribution < 1.29 is 29.1 Å². The Labute approximate surface area is 177 Å². The lowest BCUT2D eigenvalue weighted by molar-refractivity contribution is -0.170. The van der Waals surface area contributed by atoms with Gasteiger partial charge < -0.3 is 19.6 Å². The van der Waals surface area contributed by atoms with E-state index in [1.807, 2.05) is 44.2 Å². The monoisotopic (exact) mass is 421 g/mol. The van der Waals surface area contributed by atoms with Crippen LogP contribution >= 0.6 is 0 Å². The number of ether oxygens (including phenoxy) is 1. The normalized spacial score (nSPS) is 11.7. The van der Waals surface area contributed by atoms with Gasteiger partial charge >= 0.3 is 18.0 Å². The molecule has 0 saturated heterocycles. The van der Waals surface area contributed by atoms with Crippen LogP contribution in [0.1, 0.15) is 39.7 Å². The molecule has 2 N–H and O–H groups in total. The number of nitrogens with one attached hydrogen (secondary N) is 1. The number of benzene rings is 1. The van der Waals surface area contributed by atoms with Gasteiger partial charge in [-0.05, 0) is 23.8 Å². The van der Waals surface area contributed by atoms with Gasteiger partial charge in [-0.2, -0.15) is 0 Å². The third-order valence-corrected chi connectivity index (χ3v) is 4.19. The standard InChI is InChI=1S/C21H31N3O6/c1-14(2)13-29-21(28)24(20(22)23(5)18(15(3)4)19(26)27)30-17(25)12-11-16-9-7-6-8-10-16/h6-10,14-15,18,22H,11-13H2,1-5H3,(H,26,27). The minimum Gasteiger partial charge on any atom is -0.480 e. The zero-order valence-electron chi connectivity index (χ0n) is 18.1. The van der Waals surface area contributed by atoms with Crippen molar-refractivity contribution in [2.24, 2.45) is 11.8 Å². The van der Waals surface area contributed by atoms with Crippen LogP contribution in [-0.4, -0.2) is 58.8 Å². The molecule has 1 atom stereocenters. The summed E-state index contributed by atoms with van der Waals surface area (Å²) in [7, 11) is 1.35. The van der Waals surface area contributed by atoms with Crippen LogP contribution in [0.15, 0.2) is 30.3 Å². The second-order valence-electron chi connectivity index (χ2n) is 7.68. The highest BCUT2D eigenvalue weighted by Gasteiger charge is 2.35. The molecular formula is C21H31N3O6. The van der Waals surface area contributed by atoms with Gasteiger partial charge in [-0.15, -0.1) is 0 Å². The van der Waals surface area contributed by atoms with Crippen LogP contribution in [0.25, 0.3) is 0 Å². The number of guanidine groups is 1. The van der Waals surface area contributed by atoms with E-state index in [9.17, 15) is 19.5 Å². The van der Waals surface area contributed by atoms with Crippen LogP contribution in [-0.2, 0) is 25.6 Å². The molecule has 0 fully saturated rings. The number of nitrogens with zero attached hydrogens (tertiary/aromatic N) is 2. The van der Waals surface area contributed by atoms with E-state index >= 15 is 0 Å². The maximum absolute atomic E-state index is 12.5. The Morgan fingerprint density at radius 1 is 1.10 bits per heavy atom. The number of rotatable bonds is 8. The molecule has 1 unspecified atom stereocenters. The van der Waals surface area contributed by atoms with E-state index in [4.69, 9.17) is 15.0 Å². The van der Waals surface area contributed by atoms with Gasteiger partial charge in [-0.25, -0.2) is 14.4 Å². The summed E-state index contributed by atoms with van der Waals surface area (Å²) in [5.41, 5.74) is 0.918. The fourth-order valence-corrected chi connectivity index (χ4v) is 2.68. The molecule has 0 aliphatic heterocycles. The smallest absolute Gasteiger partial charge is 0.451 e. The molecule has 1 rings (SSSR count). The van der Waals surface area contributed by atoms with Crippen LogP contribution in [0.3, 0.4) is 0 Å². The molecule has 0 heterocycles. The molecule has 9 nitrogen and oxygen atoms in total. The molecule has 1 aromatic carbocycles. The summed E-state index contributed by atoms with van der Waals surface area (Å²) in [6.07, 6.45) is -0.690. The number of carbonyl (C=O) groups excluding carboxylic acids is 2. The first-order valence-corrected chi connectivity index (χ1v) is 9.80. The molecule has 0 bridgehead atoms. The van der Waals surface area contributed by atoms with Gasteiger partial charge in [0.25, 0.3) is 0 Å². The van der Waals surface area contributed by atoms with Gasteiger partial charge in [-0.3, -0.25) is 5.41 Å². The van der Waals surface area contributed by atoms with Crippen LogP contribution < -0.4 is 0 Å². The van der Waals surface area contributed by atoms with E-state index in [-0.39, 0.29) is 24.9 Å². The van der Waals surface area contributed by atoms with Crippen LogP contribution in [0.5, 0.6) is 0 Å². The summed E-state index contributed by atoms with van der Waals surface area (Å²) in [5, 5.41) is 18.2. The molecule has 0 aliphatic carbocycles. The Morgan fingerprint density at radius 2 is 1.70 bits per heavy atom. The first kappa shape index (κ1) is 24.9. The minimum absolute atomic E-state index is 0.0263. The highest BCUT2D eigenvalue weighted by Crippen LogP contribution is 2.14. The number of hydroxylamine groups is 2. The Morgan fingerprint density at radius 3 is 2.20 bits per heavy atom. The lowest BCUT2D eigenvalue weighted by Crippen LogP contribution is -2.53. The number of amides is 1. The van der Waals surface area contributed by atoms with Crippen molar-refractivity contribution in [3.05, 3.63) is 35.9 Å². The highest BCUT2D eigenvalue weighted by atomic mass is 16.8. The number of hydrogen-bond acceptors (Lipinski definition) is 6. The fourth-order valence-electron chi connectivity index (χ4n) is 2.68. The summed E-state index contributed by atoms with van der Waals surface area (Å²) < 4.78 is 5.10. The molecule has 1 amide bonds. The van der Waals surface area contributed by atoms with E-state index in [0.717, 1.165) is 10.5 Å². The third kappa shape index (κ3) is 7.73. The minimum atomic E-state index is -1.16. The molecule has 0 aromatic heterocycles.